The third-order valence-corrected chi connectivity index (χ3v) is 0.990. The van der Waals surface area contributed by atoms with Gasteiger partial charge in [0.1, 0.15) is 0 Å². The van der Waals surface area contributed by atoms with Gasteiger partial charge in [-0.2, -0.15) is 0 Å². The maximum atomic E-state index is 12.0. The van der Waals surface area contributed by atoms with E-state index in [2.05, 4.69) is 53.6 Å². The fourth-order valence-electron chi connectivity index (χ4n) is 0.495. The number of carbonyl (C=O) groups excluding carboxylic acids is 2. The number of hydrogen-bond donors (Lipinski definition) is 0. The second-order valence-corrected chi connectivity index (χ2v) is 9.74. The molecule has 0 aliphatic rings. The molecular formula is C14H20CoF5O2P2. The monoisotopic (exact) mass is 436 g/mol. The van der Waals surface area contributed by atoms with Gasteiger partial charge in [-0.05, 0) is 40.0 Å². The topological polar surface area (TPSA) is 34.1 Å². The predicted octanol–water partition coefficient (Wildman–Crippen LogP) is 4.35. The summed E-state index contributed by atoms with van der Waals surface area (Å²) in [7, 11) is 0.759. The van der Waals surface area contributed by atoms with E-state index < -0.39 is 29.1 Å². The minimum Gasteiger partial charge on any atom is -0.545 e. The average Bonchev–Trinajstić information content (AvgIpc) is 2.46. The van der Waals surface area contributed by atoms with Crippen LogP contribution in [0.1, 0.15) is 0 Å². The molecule has 0 unspecified atom stereocenters. The first-order chi connectivity index (χ1) is 10.5. The summed E-state index contributed by atoms with van der Waals surface area (Å²) >= 11 is 0. The van der Waals surface area contributed by atoms with Gasteiger partial charge in [-0.15, -0.1) is 21.9 Å². The summed E-state index contributed by atoms with van der Waals surface area (Å²) in [6.07, 6.45) is 0. The smallest absolute Gasteiger partial charge is 0.545 e. The first kappa shape index (κ1) is 34.8. The van der Waals surface area contributed by atoms with Crippen LogP contribution in [0.5, 0.6) is 0 Å². The van der Waals surface area contributed by atoms with E-state index in [9.17, 15) is 22.0 Å². The zero-order valence-electron chi connectivity index (χ0n) is 14.1. The Labute approximate surface area is 153 Å². The zero-order valence-corrected chi connectivity index (χ0v) is 16.9. The molecule has 0 saturated carbocycles. The summed E-state index contributed by atoms with van der Waals surface area (Å²) in [6.45, 7) is 19.9. The molecule has 1 rings (SSSR count). The van der Waals surface area contributed by atoms with Crippen LogP contribution in [0.15, 0.2) is 0 Å². The van der Waals surface area contributed by atoms with Crippen molar-refractivity contribution < 1.29 is 48.3 Å². The largest absolute Gasteiger partial charge is 3.00 e. The molecule has 142 valence electrons. The first-order valence-electron chi connectivity index (χ1n) is 5.60. The van der Waals surface area contributed by atoms with Gasteiger partial charge in [0.15, 0.2) is 0 Å². The SMILES string of the molecule is CP(C)C.CP(C)C.Fc1[c-]c(F)c(F)c(F)c1F.[CH-]=O.[CH-]=O.[Co+3]. The molecule has 0 aliphatic heterocycles. The van der Waals surface area contributed by atoms with Crippen LogP contribution >= 0.6 is 15.8 Å². The van der Waals surface area contributed by atoms with Crippen molar-refractivity contribution >= 4 is 29.4 Å². The van der Waals surface area contributed by atoms with Gasteiger partial charge in [0, 0.05) is 0 Å². The Bertz CT molecular complexity index is 385. The number of benzene rings is 1. The van der Waals surface area contributed by atoms with E-state index in [-0.39, 0.29) is 16.8 Å². The van der Waals surface area contributed by atoms with Gasteiger partial charge in [0.05, 0.1) is 29.1 Å². The maximum Gasteiger partial charge on any atom is 3.00 e. The van der Waals surface area contributed by atoms with Gasteiger partial charge in [-0.1, -0.05) is 0 Å². The second-order valence-electron chi connectivity index (χ2n) is 4.38. The van der Waals surface area contributed by atoms with E-state index in [1.165, 1.54) is 0 Å². The van der Waals surface area contributed by atoms with Crippen LogP contribution in [-0.4, -0.2) is 53.6 Å². The third-order valence-electron chi connectivity index (χ3n) is 0.990. The fourth-order valence-corrected chi connectivity index (χ4v) is 0.495. The van der Waals surface area contributed by atoms with Crippen molar-refractivity contribution in [2.45, 2.75) is 0 Å². The minimum absolute atomic E-state index is 0. The van der Waals surface area contributed by atoms with Gasteiger partial charge < -0.3 is 9.59 Å². The van der Waals surface area contributed by atoms with Crippen molar-refractivity contribution in [3.8, 4) is 0 Å². The minimum atomic E-state index is -2.17. The fraction of sp³-hybridized carbons (Fsp3) is 0.429. The van der Waals surface area contributed by atoms with Gasteiger partial charge in [0.25, 0.3) is 0 Å². The number of rotatable bonds is 0. The van der Waals surface area contributed by atoms with Crippen molar-refractivity contribution in [2.75, 3.05) is 40.0 Å². The molecule has 0 amide bonds. The van der Waals surface area contributed by atoms with Crippen LogP contribution in [0.3, 0.4) is 0 Å². The van der Waals surface area contributed by atoms with Gasteiger partial charge in [-0.25, -0.2) is 13.2 Å². The van der Waals surface area contributed by atoms with E-state index in [1.807, 2.05) is 0 Å². The Morgan fingerprint density at radius 3 is 0.958 bits per heavy atom. The van der Waals surface area contributed by atoms with E-state index in [4.69, 9.17) is 9.59 Å². The first-order valence-corrected chi connectivity index (χ1v) is 11.0. The number of hydrogen-bond acceptors (Lipinski definition) is 2. The Morgan fingerprint density at radius 1 is 0.625 bits per heavy atom. The van der Waals surface area contributed by atoms with E-state index in [1.54, 1.807) is 0 Å². The molecular weight excluding hydrogens is 416 g/mol. The molecule has 24 heavy (non-hydrogen) atoms. The summed E-state index contributed by atoms with van der Waals surface area (Å²) in [4.78, 5) is 15.5. The molecule has 10 heteroatoms. The molecule has 0 aromatic heterocycles. The van der Waals surface area contributed by atoms with Crippen molar-refractivity contribution in [1.29, 1.82) is 0 Å². The van der Waals surface area contributed by atoms with Crippen LogP contribution in [0, 0.1) is 35.2 Å². The standard InChI is InChI=1S/C6F5.2C3H9P.2CHO.Co/c7-2-1-3(8)5(10)6(11)4(2)9;2*1-4(2)3;2*1-2;/h;2*1-3H3;2*1H;/q-1;;;2*-1;+3. The third kappa shape index (κ3) is 23.8. The Balaban J connectivity index is -0.0000000783. The van der Waals surface area contributed by atoms with Crippen molar-refractivity contribution in [2.24, 2.45) is 0 Å². The van der Waals surface area contributed by atoms with Crippen LogP contribution in [0.4, 0.5) is 22.0 Å². The Kier molecular flexibility index (Phi) is 32.8. The molecule has 1 aromatic rings. The molecule has 0 atom stereocenters. The predicted molar refractivity (Wildman–Crippen MR) is 88.0 cm³/mol. The van der Waals surface area contributed by atoms with Gasteiger partial charge in [0.2, 0.25) is 0 Å². The van der Waals surface area contributed by atoms with Crippen LogP contribution in [-0.2, 0) is 26.4 Å². The van der Waals surface area contributed by atoms with Crippen molar-refractivity contribution in [3.05, 3.63) is 35.2 Å². The van der Waals surface area contributed by atoms with Gasteiger partial charge >= 0.3 is 16.8 Å². The van der Waals surface area contributed by atoms with E-state index in [0.717, 1.165) is 6.07 Å². The van der Waals surface area contributed by atoms with Crippen molar-refractivity contribution in [3.63, 3.8) is 0 Å². The van der Waals surface area contributed by atoms with Crippen molar-refractivity contribution in [1.82, 2.24) is 0 Å². The Hall–Kier alpha value is -0.424. The molecule has 1 aromatic carbocycles. The number of halogens is 5. The molecule has 0 spiro atoms. The molecule has 0 saturated heterocycles. The molecule has 0 aliphatic carbocycles. The van der Waals surface area contributed by atoms with Crippen LogP contribution in [0.2, 0.25) is 0 Å². The van der Waals surface area contributed by atoms with E-state index in [0.29, 0.717) is 15.8 Å². The molecule has 0 fully saturated rings. The quantitative estimate of drug-likeness (QED) is 0.151. The summed E-state index contributed by atoms with van der Waals surface area (Å²) in [5.41, 5.74) is 0. The summed E-state index contributed by atoms with van der Waals surface area (Å²) in [5, 5.41) is 0. The molecule has 0 radical (unpaired) electrons. The van der Waals surface area contributed by atoms with E-state index >= 15 is 0 Å². The summed E-state index contributed by atoms with van der Waals surface area (Å²) < 4.78 is 59.9. The molecule has 0 bridgehead atoms. The average molecular weight is 436 g/mol. The summed E-state index contributed by atoms with van der Waals surface area (Å²) in [5.74, 6) is -10.0. The van der Waals surface area contributed by atoms with Crippen LogP contribution in [0.25, 0.3) is 0 Å². The molecule has 0 N–H and O–H groups in total. The molecule has 2 nitrogen and oxygen atoms in total. The van der Waals surface area contributed by atoms with Gasteiger partial charge in [-0.3, -0.25) is 22.4 Å². The Morgan fingerprint density at radius 2 is 0.792 bits per heavy atom. The second kappa shape index (κ2) is 22.6. The summed E-state index contributed by atoms with van der Waals surface area (Å²) in [6, 6.07) is 1.02. The zero-order chi connectivity index (χ0) is 19.7. The van der Waals surface area contributed by atoms with Crippen LogP contribution < -0.4 is 0 Å². The molecule has 0 heterocycles. The normalized spacial score (nSPS) is 8.04. The maximum absolute atomic E-state index is 12.0.